The van der Waals surface area contributed by atoms with Crippen LogP contribution in [0.25, 0.3) is 0 Å². The molecule has 0 fully saturated rings. The van der Waals surface area contributed by atoms with Gasteiger partial charge in [0.25, 0.3) is 0 Å². The Labute approximate surface area is 109 Å². The molecule has 0 aliphatic carbocycles. The Hall–Kier alpha value is -1.01. The van der Waals surface area contributed by atoms with E-state index in [0.717, 1.165) is 5.75 Å². The van der Waals surface area contributed by atoms with Crippen LogP contribution in [0.4, 0.5) is 0 Å². The summed E-state index contributed by atoms with van der Waals surface area (Å²) in [6.45, 7) is 0.272. The van der Waals surface area contributed by atoms with E-state index in [1.54, 1.807) is 30.1 Å². The van der Waals surface area contributed by atoms with Crippen molar-refractivity contribution in [3.05, 3.63) is 22.4 Å². The van der Waals surface area contributed by atoms with Gasteiger partial charge in [0, 0.05) is 24.2 Å². The molecule has 0 radical (unpaired) electrons. The molecule has 0 aliphatic heterocycles. The van der Waals surface area contributed by atoms with Gasteiger partial charge in [-0.1, -0.05) is 6.07 Å². The standard InChI is InChI=1S/C11H15NO3S2/c1-12(5-4-11(14)15)10(13)8-16-7-9-3-2-6-17-9/h2-3,6H,4-5,7-8H2,1H3,(H,14,15). The van der Waals surface area contributed by atoms with Gasteiger partial charge in [-0.2, -0.15) is 0 Å². The highest BCUT2D eigenvalue weighted by molar-refractivity contribution is 7.99. The summed E-state index contributed by atoms with van der Waals surface area (Å²) in [6, 6.07) is 4.03. The van der Waals surface area contributed by atoms with E-state index in [9.17, 15) is 9.59 Å². The molecule has 94 valence electrons. The fraction of sp³-hybridized carbons (Fsp3) is 0.455. The smallest absolute Gasteiger partial charge is 0.305 e. The van der Waals surface area contributed by atoms with Crippen molar-refractivity contribution in [2.45, 2.75) is 12.2 Å². The number of carbonyl (C=O) groups excluding carboxylic acids is 1. The Bertz CT molecular complexity index is 365. The van der Waals surface area contributed by atoms with Gasteiger partial charge in [0.05, 0.1) is 12.2 Å². The number of thiophene rings is 1. The second-order valence-corrected chi connectivity index (χ2v) is 5.55. The first-order valence-corrected chi connectivity index (χ1v) is 7.19. The van der Waals surface area contributed by atoms with Crippen LogP contribution >= 0.6 is 23.1 Å². The lowest BCUT2D eigenvalue weighted by Crippen LogP contribution is -2.30. The predicted octanol–water partition coefficient (Wildman–Crippen LogP) is 1.91. The van der Waals surface area contributed by atoms with Gasteiger partial charge in [-0.05, 0) is 11.4 Å². The summed E-state index contributed by atoms with van der Waals surface area (Å²) < 4.78 is 0. The zero-order valence-electron chi connectivity index (χ0n) is 9.59. The molecule has 6 heteroatoms. The molecule has 17 heavy (non-hydrogen) atoms. The van der Waals surface area contributed by atoms with Gasteiger partial charge < -0.3 is 10.0 Å². The van der Waals surface area contributed by atoms with Crippen LogP contribution in [0, 0.1) is 0 Å². The predicted molar refractivity (Wildman–Crippen MR) is 70.4 cm³/mol. The molecule has 1 rings (SSSR count). The number of hydrogen-bond donors (Lipinski definition) is 1. The Balaban J connectivity index is 2.17. The lowest BCUT2D eigenvalue weighted by Gasteiger charge is -2.15. The third-order valence-corrected chi connectivity index (χ3v) is 4.16. The summed E-state index contributed by atoms with van der Waals surface area (Å²) in [5.74, 6) is 0.327. The summed E-state index contributed by atoms with van der Waals surface area (Å²) in [5, 5.41) is 10.5. The van der Waals surface area contributed by atoms with E-state index in [2.05, 4.69) is 0 Å². The molecule has 0 saturated heterocycles. The molecule has 0 aromatic carbocycles. The molecular weight excluding hydrogens is 258 g/mol. The Kier molecular flexibility index (Phi) is 6.07. The minimum absolute atomic E-state index is 0.00215. The molecule has 0 bridgehead atoms. The third kappa shape index (κ3) is 5.74. The van der Waals surface area contributed by atoms with Gasteiger partial charge in [-0.3, -0.25) is 9.59 Å². The number of carboxylic acids is 1. The molecule has 0 spiro atoms. The first-order valence-electron chi connectivity index (χ1n) is 5.15. The van der Waals surface area contributed by atoms with Crippen LogP contribution in [0.1, 0.15) is 11.3 Å². The normalized spacial score (nSPS) is 10.2. The van der Waals surface area contributed by atoms with Gasteiger partial charge in [-0.15, -0.1) is 23.1 Å². The first kappa shape index (κ1) is 14.1. The summed E-state index contributed by atoms with van der Waals surface area (Å²) >= 11 is 3.23. The summed E-state index contributed by atoms with van der Waals surface area (Å²) in [5.41, 5.74) is 0. The van der Waals surface area contributed by atoms with Crippen LogP contribution in [-0.4, -0.2) is 41.2 Å². The second kappa shape index (κ2) is 7.34. The van der Waals surface area contributed by atoms with E-state index < -0.39 is 5.97 Å². The highest BCUT2D eigenvalue weighted by Gasteiger charge is 2.10. The average Bonchev–Trinajstić information content (AvgIpc) is 2.78. The molecule has 0 saturated carbocycles. The molecule has 1 N–H and O–H groups in total. The quantitative estimate of drug-likeness (QED) is 0.824. The lowest BCUT2D eigenvalue weighted by atomic mass is 10.4. The lowest BCUT2D eigenvalue weighted by molar-refractivity contribution is -0.137. The van der Waals surface area contributed by atoms with Crippen molar-refractivity contribution >= 4 is 35.0 Å². The van der Waals surface area contributed by atoms with Crippen molar-refractivity contribution in [1.29, 1.82) is 0 Å². The molecule has 4 nitrogen and oxygen atoms in total. The van der Waals surface area contributed by atoms with Crippen molar-refractivity contribution < 1.29 is 14.7 Å². The highest BCUT2D eigenvalue weighted by atomic mass is 32.2. The Morgan fingerprint density at radius 3 is 2.88 bits per heavy atom. The number of aliphatic carboxylic acids is 1. The van der Waals surface area contributed by atoms with Crippen molar-refractivity contribution in [3.63, 3.8) is 0 Å². The fourth-order valence-corrected chi connectivity index (χ4v) is 2.94. The van der Waals surface area contributed by atoms with E-state index >= 15 is 0 Å². The number of nitrogens with zero attached hydrogens (tertiary/aromatic N) is 1. The molecule has 1 amide bonds. The molecule has 0 unspecified atom stereocenters. The summed E-state index contributed by atoms with van der Waals surface area (Å²) in [6.07, 6.45) is -0.00215. The van der Waals surface area contributed by atoms with Gasteiger partial charge >= 0.3 is 5.97 Å². The minimum atomic E-state index is -0.879. The van der Waals surface area contributed by atoms with E-state index in [-0.39, 0.29) is 18.9 Å². The largest absolute Gasteiger partial charge is 0.481 e. The Morgan fingerprint density at radius 1 is 1.53 bits per heavy atom. The molecule has 1 aromatic heterocycles. The second-order valence-electron chi connectivity index (χ2n) is 3.53. The van der Waals surface area contributed by atoms with E-state index in [0.29, 0.717) is 5.75 Å². The zero-order valence-corrected chi connectivity index (χ0v) is 11.2. The van der Waals surface area contributed by atoms with Gasteiger partial charge in [0.15, 0.2) is 0 Å². The van der Waals surface area contributed by atoms with Crippen molar-refractivity contribution in [2.75, 3.05) is 19.3 Å². The summed E-state index contributed by atoms with van der Waals surface area (Å²) in [7, 11) is 1.64. The van der Waals surface area contributed by atoms with Crippen LogP contribution < -0.4 is 0 Å². The average molecular weight is 273 g/mol. The Morgan fingerprint density at radius 2 is 2.29 bits per heavy atom. The SMILES string of the molecule is CN(CCC(=O)O)C(=O)CSCc1cccs1. The van der Waals surface area contributed by atoms with Gasteiger partial charge in [0.2, 0.25) is 5.91 Å². The molecule has 1 aromatic rings. The number of amides is 1. The maximum atomic E-state index is 11.6. The number of hydrogen-bond acceptors (Lipinski definition) is 4. The van der Waals surface area contributed by atoms with Gasteiger partial charge in [-0.25, -0.2) is 0 Å². The van der Waals surface area contributed by atoms with Crippen molar-refractivity contribution in [1.82, 2.24) is 4.90 Å². The topological polar surface area (TPSA) is 57.6 Å². The maximum absolute atomic E-state index is 11.6. The number of thioether (sulfide) groups is 1. The molecular formula is C11H15NO3S2. The molecule has 1 heterocycles. The maximum Gasteiger partial charge on any atom is 0.305 e. The first-order chi connectivity index (χ1) is 8.09. The minimum Gasteiger partial charge on any atom is -0.481 e. The van der Waals surface area contributed by atoms with Crippen molar-refractivity contribution in [3.8, 4) is 0 Å². The van der Waals surface area contributed by atoms with Crippen LogP contribution in [0.5, 0.6) is 0 Å². The number of carbonyl (C=O) groups is 2. The van der Waals surface area contributed by atoms with Gasteiger partial charge in [0.1, 0.15) is 0 Å². The molecule has 0 atom stereocenters. The fourth-order valence-electron chi connectivity index (χ4n) is 1.13. The highest BCUT2D eigenvalue weighted by Crippen LogP contribution is 2.17. The monoisotopic (exact) mass is 273 g/mol. The number of carboxylic acid groups (broad SMARTS) is 1. The van der Waals surface area contributed by atoms with E-state index in [1.165, 1.54) is 9.78 Å². The van der Waals surface area contributed by atoms with Crippen LogP contribution in [-0.2, 0) is 15.3 Å². The summed E-state index contributed by atoms with van der Waals surface area (Å²) in [4.78, 5) is 24.7. The van der Waals surface area contributed by atoms with Crippen LogP contribution in [0.2, 0.25) is 0 Å². The number of rotatable bonds is 7. The third-order valence-electron chi connectivity index (χ3n) is 2.14. The van der Waals surface area contributed by atoms with Crippen LogP contribution in [0.15, 0.2) is 17.5 Å². The van der Waals surface area contributed by atoms with Crippen LogP contribution in [0.3, 0.4) is 0 Å². The molecule has 0 aliphatic rings. The zero-order chi connectivity index (χ0) is 12.7. The van der Waals surface area contributed by atoms with E-state index in [1.807, 2.05) is 17.5 Å². The van der Waals surface area contributed by atoms with Crippen molar-refractivity contribution in [2.24, 2.45) is 0 Å². The van der Waals surface area contributed by atoms with E-state index in [4.69, 9.17) is 5.11 Å².